The Hall–Kier alpha value is -3.94. The van der Waals surface area contributed by atoms with E-state index < -0.39 is 16.2 Å². The minimum atomic E-state index is -0.444. The highest BCUT2D eigenvalue weighted by Gasteiger charge is 2.23. The first kappa shape index (κ1) is 20.3. The van der Waals surface area contributed by atoms with E-state index in [0.717, 1.165) is 21.4 Å². The van der Waals surface area contributed by atoms with Gasteiger partial charge in [0.05, 0.1) is 21.5 Å². The van der Waals surface area contributed by atoms with Crippen molar-refractivity contribution in [3.8, 4) is 16.9 Å². The number of fused-ring (bicyclic) bond motifs is 1. The molecule has 0 aliphatic rings. The van der Waals surface area contributed by atoms with Gasteiger partial charge < -0.3 is 4.57 Å². The molecule has 158 valence electrons. The molecule has 0 N–H and O–H groups in total. The van der Waals surface area contributed by atoms with Crippen LogP contribution in [0.4, 0.5) is 5.69 Å². The summed E-state index contributed by atoms with van der Waals surface area (Å²) >= 11 is 0. The van der Waals surface area contributed by atoms with Gasteiger partial charge in [0.2, 0.25) is 0 Å². The fourth-order valence-corrected chi connectivity index (χ4v) is 3.95. The first-order valence-corrected chi connectivity index (χ1v) is 9.76. The van der Waals surface area contributed by atoms with Crippen LogP contribution in [0.5, 0.6) is 0 Å². The predicted octanol–water partition coefficient (Wildman–Crippen LogP) is 3.53. The van der Waals surface area contributed by atoms with Gasteiger partial charge in [-0.2, -0.15) is 0 Å². The highest BCUT2D eigenvalue weighted by molar-refractivity contribution is 5.95. The average Bonchev–Trinajstić information content (AvgIpc) is 3.13. The third-order valence-electron chi connectivity index (χ3n) is 5.74. The van der Waals surface area contributed by atoms with Crippen LogP contribution in [0.15, 0.2) is 52.2 Å². The van der Waals surface area contributed by atoms with Crippen LogP contribution in [-0.2, 0) is 14.1 Å². The van der Waals surface area contributed by atoms with Crippen LogP contribution in [0.25, 0.3) is 27.8 Å². The second-order valence-corrected chi connectivity index (χ2v) is 7.86. The molecule has 4 rings (SSSR count). The molecule has 0 amide bonds. The molecule has 2 heterocycles. The second-order valence-electron chi connectivity index (χ2n) is 7.86. The van der Waals surface area contributed by atoms with Gasteiger partial charge in [0.15, 0.2) is 0 Å². The molecule has 0 radical (unpaired) electrons. The molecule has 0 fully saturated rings. The SMILES string of the molecule is Cc1ccc(C)c(-n2cc3c(c2-c2ccc(C)c([N+](=O)[O-])c2)c(=O)n(C)c(=O)n3C)c1. The van der Waals surface area contributed by atoms with E-state index in [2.05, 4.69) is 0 Å². The standard InChI is InChI=1S/C23H22N4O4/c1-13-6-7-14(2)17(10-13)26-12-19-20(22(28)25(5)23(29)24(19)4)21(26)16-9-8-15(3)18(11-16)27(30)31/h6-12H,1-5H3. The van der Waals surface area contributed by atoms with Crippen LogP contribution in [0.3, 0.4) is 0 Å². The summed E-state index contributed by atoms with van der Waals surface area (Å²) in [6.07, 6.45) is 1.75. The largest absolute Gasteiger partial charge is 0.330 e. The summed E-state index contributed by atoms with van der Waals surface area (Å²) in [5, 5.41) is 11.9. The van der Waals surface area contributed by atoms with Crippen molar-refractivity contribution < 1.29 is 4.92 Å². The van der Waals surface area contributed by atoms with E-state index in [9.17, 15) is 19.7 Å². The Balaban J connectivity index is 2.24. The molecule has 0 bridgehead atoms. The minimum absolute atomic E-state index is 0.0268. The topological polar surface area (TPSA) is 92.1 Å². The second kappa shape index (κ2) is 7.09. The lowest BCUT2D eigenvalue weighted by molar-refractivity contribution is -0.385. The Morgan fingerprint density at radius 1 is 0.903 bits per heavy atom. The maximum Gasteiger partial charge on any atom is 0.330 e. The van der Waals surface area contributed by atoms with Crippen LogP contribution in [-0.4, -0.2) is 18.6 Å². The number of nitrogens with zero attached hydrogens (tertiary/aromatic N) is 4. The van der Waals surface area contributed by atoms with Gasteiger partial charge in [0.25, 0.3) is 11.2 Å². The number of benzene rings is 2. The van der Waals surface area contributed by atoms with Crippen molar-refractivity contribution in [3.63, 3.8) is 0 Å². The van der Waals surface area contributed by atoms with Crippen LogP contribution < -0.4 is 11.2 Å². The fourth-order valence-electron chi connectivity index (χ4n) is 3.95. The number of aryl methyl sites for hydroxylation is 4. The van der Waals surface area contributed by atoms with Gasteiger partial charge in [-0.15, -0.1) is 0 Å². The zero-order valence-electron chi connectivity index (χ0n) is 18.0. The molecule has 4 aromatic rings. The van der Waals surface area contributed by atoms with Crippen molar-refractivity contribution in [1.82, 2.24) is 13.7 Å². The zero-order chi connectivity index (χ0) is 22.6. The van der Waals surface area contributed by atoms with E-state index in [1.165, 1.54) is 17.7 Å². The van der Waals surface area contributed by atoms with E-state index in [4.69, 9.17) is 0 Å². The summed E-state index contributed by atoms with van der Waals surface area (Å²) in [7, 11) is 3.04. The number of rotatable bonds is 3. The molecule has 31 heavy (non-hydrogen) atoms. The molecule has 8 nitrogen and oxygen atoms in total. The molecule has 0 saturated carbocycles. The lowest BCUT2D eigenvalue weighted by Crippen LogP contribution is -2.36. The van der Waals surface area contributed by atoms with Crippen molar-refractivity contribution in [3.05, 3.63) is 90.2 Å². The molecule has 0 aliphatic carbocycles. The van der Waals surface area contributed by atoms with E-state index in [1.54, 1.807) is 32.3 Å². The highest BCUT2D eigenvalue weighted by Crippen LogP contribution is 2.34. The summed E-state index contributed by atoms with van der Waals surface area (Å²) in [6.45, 7) is 5.60. The maximum atomic E-state index is 13.2. The summed E-state index contributed by atoms with van der Waals surface area (Å²) in [6, 6.07) is 10.9. The zero-order valence-corrected chi connectivity index (χ0v) is 18.0. The first-order chi connectivity index (χ1) is 14.6. The lowest BCUT2D eigenvalue weighted by atomic mass is 10.0. The van der Waals surface area contributed by atoms with Gasteiger partial charge in [-0.1, -0.05) is 24.3 Å². The van der Waals surface area contributed by atoms with Crippen LogP contribution in [0, 0.1) is 30.9 Å². The van der Waals surface area contributed by atoms with E-state index >= 15 is 0 Å². The summed E-state index contributed by atoms with van der Waals surface area (Å²) in [5.74, 6) is 0. The number of hydrogen-bond donors (Lipinski definition) is 0. The van der Waals surface area contributed by atoms with Crippen molar-refractivity contribution in [2.24, 2.45) is 14.1 Å². The monoisotopic (exact) mass is 418 g/mol. The summed E-state index contributed by atoms with van der Waals surface area (Å²) < 4.78 is 4.33. The molecule has 0 unspecified atom stereocenters. The normalized spacial score (nSPS) is 11.3. The Morgan fingerprint density at radius 2 is 1.58 bits per heavy atom. The Bertz CT molecular complexity index is 1510. The minimum Gasteiger partial charge on any atom is -0.313 e. The number of nitro benzene ring substituents is 1. The molecule has 2 aromatic heterocycles. The van der Waals surface area contributed by atoms with Crippen molar-refractivity contribution in [2.45, 2.75) is 20.8 Å². The Kier molecular flexibility index (Phi) is 4.65. The van der Waals surface area contributed by atoms with Gasteiger partial charge in [-0.25, -0.2) is 4.79 Å². The van der Waals surface area contributed by atoms with Gasteiger partial charge in [-0.3, -0.25) is 24.0 Å². The number of nitro groups is 1. The number of hydrogen-bond acceptors (Lipinski definition) is 4. The highest BCUT2D eigenvalue weighted by atomic mass is 16.6. The average molecular weight is 418 g/mol. The van der Waals surface area contributed by atoms with Crippen LogP contribution in [0.1, 0.15) is 16.7 Å². The third kappa shape index (κ3) is 3.07. The van der Waals surface area contributed by atoms with Crippen molar-refractivity contribution >= 4 is 16.6 Å². The fraction of sp³-hybridized carbons (Fsp3) is 0.217. The third-order valence-corrected chi connectivity index (χ3v) is 5.74. The van der Waals surface area contributed by atoms with Crippen LogP contribution >= 0.6 is 0 Å². The lowest BCUT2D eigenvalue weighted by Gasteiger charge is -2.14. The van der Waals surface area contributed by atoms with Gasteiger partial charge in [0, 0.05) is 43.2 Å². The number of aromatic nitrogens is 3. The quantitative estimate of drug-likeness (QED) is 0.376. The molecular weight excluding hydrogens is 396 g/mol. The Morgan fingerprint density at radius 3 is 2.26 bits per heavy atom. The maximum absolute atomic E-state index is 13.2. The molecule has 0 aliphatic heterocycles. The molecule has 0 atom stereocenters. The van der Waals surface area contributed by atoms with Crippen LogP contribution in [0.2, 0.25) is 0 Å². The van der Waals surface area contributed by atoms with E-state index in [-0.39, 0.29) is 5.69 Å². The van der Waals surface area contributed by atoms with Crippen molar-refractivity contribution in [1.29, 1.82) is 0 Å². The molecule has 0 saturated heterocycles. The predicted molar refractivity (Wildman–Crippen MR) is 120 cm³/mol. The molecule has 2 aromatic carbocycles. The molecule has 8 heteroatoms. The summed E-state index contributed by atoms with van der Waals surface area (Å²) in [4.78, 5) is 36.9. The molecular formula is C23H22N4O4. The Labute approximate surface area is 177 Å². The molecule has 0 spiro atoms. The van der Waals surface area contributed by atoms with E-state index in [1.807, 2.05) is 36.6 Å². The van der Waals surface area contributed by atoms with Gasteiger partial charge in [0.1, 0.15) is 0 Å². The first-order valence-electron chi connectivity index (χ1n) is 9.76. The van der Waals surface area contributed by atoms with E-state index in [0.29, 0.717) is 27.7 Å². The van der Waals surface area contributed by atoms with Gasteiger partial charge in [-0.05, 0) is 38.0 Å². The smallest absolute Gasteiger partial charge is 0.313 e. The summed E-state index contributed by atoms with van der Waals surface area (Å²) in [5.41, 5.74) is 3.97. The van der Waals surface area contributed by atoms with Gasteiger partial charge >= 0.3 is 5.69 Å². The van der Waals surface area contributed by atoms with Crippen molar-refractivity contribution in [2.75, 3.05) is 0 Å².